The van der Waals surface area contributed by atoms with Crippen LogP contribution in [0.5, 0.6) is 11.5 Å². The van der Waals surface area contributed by atoms with E-state index >= 15 is 4.39 Å². The average Bonchev–Trinajstić information content (AvgIpc) is 3.36. The predicted octanol–water partition coefficient (Wildman–Crippen LogP) is 4.06. The number of sulfonamides is 1. The van der Waals surface area contributed by atoms with Gasteiger partial charge in [-0.15, -0.1) is 10.2 Å². The maximum Gasteiger partial charge on any atom is 0.243 e. The van der Waals surface area contributed by atoms with Crippen molar-refractivity contribution in [1.82, 2.24) is 20.4 Å². The number of hydrogen-bond donors (Lipinski definition) is 3. The Morgan fingerprint density at radius 1 is 1.16 bits per heavy atom. The lowest BCUT2D eigenvalue weighted by molar-refractivity contribution is 0.430. The third-order valence-corrected chi connectivity index (χ3v) is 6.46. The Bertz CT molecular complexity index is 1390. The first-order chi connectivity index (χ1) is 14.7. The highest BCUT2D eigenvalue weighted by atomic mass is 35.5. The molecular weight excluding hydrogens is 490 g/mol. The zero-order chi connectivity index (χ0) is 22.3. The Morgan fingerprint density at radius 3 is 2.55 bits per heavy atom. The minimum atomic E-state index is -4.47. The standard InChI is InChI=1S/C17H11Cl2FN6O3S2/c18-7-1-2-12(8(3-7)10-5-23-25-16(10)21)29-14-13(20)9(17-26-24-6-30-17)4-11(19)15(14)31(22,27)28/h1-6H,(H3,21,23,25)(H2,22,27,28). The van der Waals surface area contributed by atoms with Gasteiger partial charge in [0.15, 0.2) is 16.6 Å². The zero-order valence-electron chi connectivity index (χ0n) is 15.1. The van der Waals surface area contributed by atoms with Gasteiger partial charge >= 0.3 is 0 Å². The number of aromatic amines is 1. The molecule has 0 radical (unpaired) electrons. The van der Waals surface area contributed by atoms with Gasteiger partial charge < -0.3 is 10.5 Å². The molecule has 160 valence electrons. The highest BCUT2D eigenvalue weighted by Gasteiger charge is 2.29. The molecule has 9 nitrogen and oxygen atoms in total. The van der Waals surface area contributed by atoms with Crippen LogP contribution in [0.4, 0.5) is 10.2 Å². The monoisotopic (exact) mass is 500 g/mol. The molecule has 31 heavy (non-hydrogen) atoms. The molecule has 0 unspecified atom stereocenters. The Morgan fingerprint density at radius 2 is 1.94 bits per heavy atom. The van der Waals surface area contributed by atoms with Crippen LogP contribution in [-0.4, -0.2) is 28.8 Å². The van der Waals surface area contributed by atoms with Gasteiger partial charge in [0.1, 0.15) is 22.0 Å². The number of hydrogen-bond acceptors (Lipinski definition) is 8. The Hall–Kier alpha value is -2.77. The van der Waals surface area contributed by atoms with E-state index in [1.165, 1.54) is 29.9 Å². The molecule has 0 spiro atoms. The molecule has 0 bridgehead atoms. The number of rotatable bonds is 5. The van der Waals surface area contributed by atoms with Crippen LogP contribution < -0.4 is 15.6 Å². The van der Waals surface area contributed by atoms with Crippen LogP contribution in [-0.2, 0) is 10.0 Å². The van der Waals surface area contributed by atoms with Gasteiger partial charge in [-0.3, -0.25) is 5.10 Å². The minimum absolute atomic E-state index is 0.0341. The van der Waals surface area contributed by atoms with E-state index in [1.807, 2.05) is 0 Å². The van der Waals surface area contributed by atoms with Gasteiger partial charge in [0, 0.05) is 16.1 Å². The molecule has 0 aliphatic heterocycles. The number of benzene rings is 2. The van der Waals surface area contributed by atoms with E-state index < -0.39 is 26.5 Å². The summed E-state index contributed by atoms with van der Waals surface area (Å²) in [6.07, 6.45) is 1.41. The van der Waals surface area contributed by atoms with Crippen molar-refractivity contribution < 1.29 is 17.5 Å². The predicted molar refractivity (Wildman–Crippen MR) is 115 cm³/mol. The van der Waals surface area contributed by atoms with E-state index in [0.29, 0.717) is 16.1 Å². The molecule has 0 aliphatic carbocycles. The van der Waals surface area contributed by atoms with Crippen molar-refractivity contribution in [1.29, 1.82) is 0 Å². The van der Waals surface area contributed by atoms with Crippen LogP contribution >= 0.6 is 34.5 Å². The molecule has 5 N–H and O–H groups in total. The van der Waals surface area contributed by atoms with Crippen molar-refractivity contribution in [2.75, 3.05) is 5.73 Å². The second kappa shape index (κ2) is 8.05. The maximum atomic E-state index is 15.5. The fourth-order valence-electron chi connectivity index (χ4n) is 2.81. The lowest BCUT2D eigenvalue weighted by Crippen LogP contribution is -2.15. The minimum Gasteiger partial charge on any atom is -0.452 e. The average molecular weight is 501 g/mol. The number of ether oxygens (including phenoxy) is 1. The number of nitrogen functional groups attached to an aromatic ring is 1. The lowest BCUT2D eigenvalue weighted by Gasteiger charge is -2.16. The first kappa shape index (κ1) is 21.5. The molecular formula is C17H11Cl2FN6O3S2. The number of nitrogens with one attached hydrogen (secondary N) is 1. The van der Waals surface area contributed by atoms with E-state index in [-0.39, 0.29) is 27.2 Å². The van der Waals surface area contributed by atoms with Gasteiger partial charge in [0.05, 0.1) is 16.8 Å². The molecule has 0 atom stereocenters. The van der Waals surface area contributed by atoms with Crippen molar-refractivity contribution in [3.63, 3.8) is 0 Å². The van der Waals surface area contributed by atoms with Crippen LogP contribution in [0.2, 0.25) is 10.0 Å². The Labute approximate surface area is 188 Å². The topological polar surface area (TPSA) is 150 Å². The fraction of sp³-hybridized carbons (Fsp3) is 0. The third kappa shape index (κ3) is 4.07. The molecule has 4 rings (SSSR count). The molecule has 2 heterocycles. The Kier molecular flexibility index (Phi) is 5.58. The van der Waals surface area contributed by atoms with Crippen molar-refractivity contribution in [3.05, 3.63) is 51.8 Å². The van der Waals surface area contributed by atoms with Gasteiger partial charge in [-0.2, -0.15) is 5.10 Å². The number of aromatic nitrogens is 4. The van der Waals surface area contributed by atoms with Crippen molar-refractivity contribution in [2.24, 2.45) is 5.14 Å². The van der Waals surface area contributed by atoms with Crippen LogP contribution in [0.25, 0.3) is 21.7 Å². The van der Waals surface area contributed by atoms with E-state index in [0.717, 1.165) is 17.4 Å². The summed E-state index contributed by atoms with van der Waals surface area (Å²) >= 11 is 13.3. The number of anilines is 1. The summed E-state index contributed by atoms with van der Waals surface area (Å²) in [5.74, 6) is -1.51. The normalized spacial score (nSPS) is 11.6. The first-order valence-electron chi connectivity index (χ1n) is 8.24. The molecule has 0 fully saturated rings. The fourth-order valence-corrected chi connectivity index (χ4v) is 4.78. The van der Waals surface area contributed by atoms with Gasteiger partial charge in [-0.05, 0) is 24.3 Å². The summed E-state index contributed by atoms with van der Waals surface area (Å²) in [6.45, 7) is 0. The van der Waals surface area contributed by atoms with E-state index in [4.69, 9.17) is 38.8 Å². The third-order valence-electron chi connectivity index (χ3n) is 4.12. The van der Waals surface area contributed by atoms with E-state index in [9.17, 15) is 8.42 Å². The quantitative estimate of drug-likeness (QED) is 0.373. The van der Waals surface area contributed by atoms with E-state index in [2.05, 4.69) is 20.4 Å². The summed E-state index contributed by atoms with van der Waals surface area (Å²) in [7, 11) is -4.47. The summed E-state index contributed by atoms with van der Waals surface area (Å²) in [6, 6.07) is 5.49. The van der Waals surface area contributed by atoms with Crippen molar-refractivity contribution in [2.45, 2.75) is 4.90 Å². The second-order valence-electron chi connectivity index (χ2n) is 6.11. The van der Waals surface area contributed by atoms with Gasteiger partial charge in [0.2, 0.25) is 10.0 Å². The Balaban J connectivity index is 1.97. The van der Waals surface area contributed by atoms with Gasteiger partial charge in [0.25, 0.3) is 0 Å². The molecule has 4 aromatic rings. The second-order valence-corrected chi connectivity index (χ2v) is 9.28. The maximum absolute atomic E-state index is 15.5. The number of nitrogens with zero attached hydrogens (tertiary/aromatic N) is 3. The number of nitrogens with two attached hydrogens (primary N) is 2. The number of H-pyrrole nitrogens is 1. The van der Waals surface area contributed by atoms with Crippen LogP contribution in [0, 0.1) is 5.82 Å². The van der Waals surface area contributed by atoms with Gasteiger partial charge in [-0.1, -0.05) is 34.5 Å². The molecule has 0 saturated heterocycles. The summed E-state index contributed by atoms with van der Waals surface area (Å²) in [5.41, 5.74) is 7.90. The van der Waals surface area contributed by atoms with Crippen LogP contribution in [0.3, 0.4) is 0 Å². The smallest absolute Gasteiger partial charge is 0.243 e. The SMILES string of the molecule is Nc1[nH]ncc1-c1cc(Cl)ccc1Oc1c(F)c(-c2nncs2)cc(Cl)c1S(N)(=O)=O. The summed E-state index contributed by atoms with van der Waals surface area (Å²) in [4.78, 5) is -0.721. The summed E-state index contributed by atoms with van der Waals surface area (Å²) in [5, 5.41) is 19.3. The molecule has 14 heteroatoms. The summed E-state index contributed by atoms with van der Waals surface area (Å²) < 4.78 is 45.6. The highest BCUT2D eigenvalue weighted by molar-refractivity contribution is 7.89. The highest BCUT2D eigenvalue weighted by Crippen LogP contribution is 2.44. The van der Waals surface area contributed by atoms with Crippen molar-refractivity contribution in [3.8, 4) is 33.2 Å². The number of primary sulfonamides is 1. The van der Waals surface area contributed by atoms with Crippen molar-refractivity contribution >= 4 is 50.4 Å². The number of halogens is 3. The van der Waals surface area contributed by atoms with Gasteiger partial charge in [-0.25, -0.2) is 17.9 Å². The molecule has 0 aliphatic rings. The first-order valence-corrected chi connectivity index (χ1v) is 11.4. The zero-order valence-corrected chi connectivity index (χ0v) is 18.3. The molecule has 2 aromatic carbocycles. The van der Waals surface area contributed by atoms with Crippen LogP contribution in [0.15, 0.2) is 40.9 Å². The van der Waals surface area contributed by atoms with Crippen LogP contribution in [0.1, 0.15) is 0 Å². The molecule has 0 amide bonds. The molecule has 0 saturated carbocycles. The largest absolute Gasteiger partial charge is 0.452 e. The lowest BCUT2D eigenvalue weighted by atomic mass is 10.1. The molecule has 2 aromatic heterocycles. The van der Waals surface area contributed by atoms with E-state index in [1.54, 1.807) is 0 Å².